The smallest absolute Gasteiger partial charge is 0.331 e. The minimum atomic E-state index is -3.97. The molecule has 4 aromatic rings. The monoisotopic (exact) mass is 451 g/mol. The molecule has 32 heavy (non-hydrogen) atoms. The summed E-state index contributed by atoms with van der Waals surface area (Å²) < 4.78 is 38.4. The lowest BCUT2D eigenvalue weighted by Gasteiger charge is -2.13. The summed E-state index contributed by atoms with van der Waals surface area (Å²) in [4.78, 5) is 12.1. The number of hydrogen-bond donors (Lipinski definition) is 2. The van der Waals surface area contributed by atoms with Crippen LogP contribution in [0.25, 0.3) is 10.8 Å². The number of anilines is 1. The van der Waals surface area contributed by atoms with Crippen LogP contribution in [0.5, 0.6) is 11.5 Å². The van der Waals surface area contributed by atoms with Gasteiger partial charge in [0.05, 0.1) is 24.0 Å². The number of hydrogen-bond acceptors (Lipinski definition) is 7. The maximum atomic E-state index is 12.9. The van der Waals surface area contributed by atoms with Crippen LogP contribution in [0.2, 0.25) is 0 Å². The second kappa shape index (κ2) is 8.52. The Morgan fingerprint density at radius 1 is 1.03 bits per heavy atom. The molecule has 0 aliphatic heterocycles. The highest BCUT2D eigenvalue weighted by molar-refractivity contribution is 7.92. The number of nitrogens with one attached hydrogen (secondary N) is 1. The number of aromatic hydroxyl groups is 1. The molecule has 1 heterocycles. The SMILES string of the molecule is COc1ccc(S(=O)(=O)Nc2cc(N=NC(=O)c3ccco3)c(O)c3ccccc23)cc1. The second-order valence-corrected chi connectivity index (χ2v) is 8.28. The van der Waals surface area contributed by atoms with E-state index < -0.39 is 15.9 Å². The maximum Gasteiger partial charge on any atom is 0.331 e. The summed E-state index contributed by atoms with van der Waals surface area (Å²) in [5.41, 5.74) is 0.0738. The van der Waals surface area contributed by atoms with Gasteiger partial charge in [0, 0.05) is 10.8 Å². The zero-order valence-electron chi connectivity index (χ0n) is 16.7. The van der Waals surface area contributed by atoms with Crippen molar-refractivity contribution in [3.05, 3.63) is 78.8 Å². The van der Waals surface area contributed by atoms with Crippen LogP contribution in [0.3, 0.4) is 0 Å². The van der Waals surface area contributed by atoms with E-state index in [0.29, 0.717) is 16.5 Å². The average molecular weight is 451 g/mol. The number of carbonyl (C=O) groups excluding carboxylic acids is 1. The van der Waals surface area contributed by atoms with E-state index in [-0.39, 0.29) is 27.8 Å². The topological polar surface area (TPSA) is 131 Å². The molecule has 162 valence electrons. The minimum absolute atomic E-state index is 0.0190. The van der Waals surface area contributed by atoms with Crippen molar-refractivity contribution in [2.24, 2.45) is 10.2 Å². The van der Waals surface area contributed by atoms with E-state index in [1.54, 1.807) is 24.3 Å². The third-order valence-electron chi connectivity index (χ3n) is 4.59. The van der Waals surface area contributed by atoms with Crippen LogP contribution in [0.4, 0.5) is 11.4 Å². The first-order valence-corrected chi connectivity index (χ1v) is 10.8. The molecule has 3 aromatic carbocycles. The molecule has 1 aromatic heterocycles. The third kappa shape index (κ3) is 4.16. The van der Waals surface area contributed by atoms with Crippen molar-refractivity contribution in [1.82, 2.24) is 0 Å². The Balaban J connectivity index is 1.75. The number of phenols is 1. The Kier molecular flexibility index (Phi) is 5.61. The van der Waals surface area contributed by atoms with Gasteiger partial charge in [-0.05, 0) is 42.5 Å². The van der Waals surface area contributed by atoms with Gasteiger partial charge < -0.3 is 14.3 Å². The molecular weight excluding hydrogens is 434 g/mol. The van der Waals surface area contributed by atoms with Gasteiger partial charge in [-0.1, -0.05) is 24.3 Å². The molecule has 0 radical (unpaired) electrons. The average Bonchev–Trinajstić information content (AvgIpc) is 3.35. The quantitative estimate of drug-likeness (QED) is 0.318. The van der Waals surface area contributed by atoms with Crippen molar-refractivity contribution < 1.29 is 27.5 Å². The Labute approximate surface area is 183 Å². The number of ether oxygens (including phenoxy) is 1. The standard InChI is InChI=1S/C22H17N3O6S/c1-30-14-8-10-15(11-9-14)32(28,29)25-18-13-19(21(26)17-6-3-2-5-16(17)18)23-24-22(27)20-7-4-12-31-20/h2-13,25-26H,1H3. The Hall–Kier alpha value is -4.18. The normalized spacial score (nSPS) is 11.7. The minimum Gasteiger partial charge on any atom is -0.505 e. The molecule has 0 saturated heterocycles. The van der Waals surface area contributed by atoms with Crippen molar-refractivity contribution in [3.8, 4) is 11.5 Å². The van der Waals surface area contributed by atoms with Crippen LogP contribution in [0.15, 0.2) is 92.5 Å². The number of azo groups is 1. The number of benzene rings is 3. The lowest BCUT2D eigenvalue weighted by molar-refractivity contribution is 0.0968. The van der Waals surface area contributed by atoms with Crippen molar-refractivity contribution in [2.45, 2.75) is 4.90 Å². The van der Waals surface area contributed by atoms with Gasteiger partial charge in [-0.3, -0.25) is 9.52 Å². The fourth-order valence-electron chi connectivity index (χ4n) is 3.01. The molecule has 0 saturated carbocycles. The zero-order chi connectivity index (χ0) is 22.7. The number of methoxy groups -OCH3 is 1. The van der Waals surface area contributed by atoms with E-state index in [4.69, 9.17) is 9.15 Å². The number of phenolic OH excluding ortho intramolecular Hbond substituents is 1. The number of carbonyl (C=O) groups is 1. The summed E-state index contributed by atoms with van der Waals surface area (Å²) in [6.07, 6.45) is 1.32. The highest BCUT2D eigenvalue weighted by atomic mass is 32.2. The Bertz CT molecular complexity index is 1410. The summed E-state index contributed by atoms with van der Waals surface area (Å²) in [6.45, 7) is 0. The first-order chi connectivity index (χ1) is 15.4. The van der Waals surface area contributed by atoms with E-state index in [1.165, 1.54) is 55.8 Å². The van der Waals surface area contributed by atoms with E-state index in [0.717, 1.165) is 0 Å². The summed E-state index contributed by atoms with van der Waals surface area (Å²) >= 11 is 0. The predicted molar refractivity (Wildman–Crippen MR) is 117 cm³/mol. The summed E-state index contributed by atoms with van der Waals surface area (Å²) in [5, 5.41) is 18.8. The molecule has 1 amide bonds. The van der Waals surface area contributed by atoms with Gasteiger partial charge in [-0.25, -0.2) is 8.42 Å². The van der Waals surface area contributed by atoms with Crippen LogP contribution in [0, 0.1) is 0 Å². The van der Waals surface area contributed by atoms with Crippen molar-refractivity contribution >= 4 is 38.1 Å². The Morgan fingerprint density at radius 2 is 1.75 bits per heavy atom. The summed E-state index contributed by atoms with van der Waals surface area (Å²) in [6, 6.07) is 16.8. The third-order valence-corrected chi connectivity index (χ3v) is 5.97. The maximum absolute atomic E-state index is 12.9. The van der Waals surface area contributed by atoms with Gasteiger partial charge in [-0.15, -0.1) is 10.2 Å². The summed E-state index contributed by atoms with van der Waals surface area (Å²) in [5.74, 6) is -0.496. The van der Waals surface area contributed by atoms with Crippen LogP contribution < -0.4 is 9.46 Å². The van der Waals surface area contributed by atoms with Gasteiger partial charge in [0.15, 0.2) is 11.5 Å². The predicted octanol–water partition coefficient (Wildman–Crippen LogP) is 4.87. The van der Waals surface area contributed by atoms with Crippen molar-refractivity contribution in [1.29, 1.82) is 0 Å². The van der Waals surface area contributed by atoms with Gasteiger partial charge >= 0.3 is 5.91 Å². The molecule has 0 atom stereocenters. The van der Waals surface area contributed by atoms with Crippen molar-refractivity contribution in [2.75, 3.05) is 11.8 Å². The molecule has 0 fully saturated rings. The van der Waals surface area contributed by atoms with Gasteiger partial charge in [0.2, 0.25) is 0 Å². The highest BCUT2D eigenvalue weighted by Crippen LogP contribution is 2.40. The molecule has 0 aliphatic carbocycles. The van der Waals surface area contributed by atoms with Gasteiger partial charge in [-0.2, -0.15) is 0 Å². The number of furan rings is 1. The summed E-state index contributed by atoms with van der Waals surface area (Å²) in [7, 11) is -2.48. The van der Waals surface area contributed by atoms with E-state index in [1.807, 2.05) is 0 Å². The molecule has 0 unspecified atom stereocenters. The van der Waals surface area contributed by atoms with E-state index in [9.17, 15) is 18.3 Å². The van der Waals surface area contributed by atoms with Gasteiger partial charge in [0.25, 0.3) is 10.0 Å². The molecule has 4 rings (SSSR count). The molecule has 9 nitrogen and oxygen atoms in total. The number of amides is 1. The lowest BCUT2D eigenvalue weighted by Crippen LogP contribution is -2.13. The highest BCUT2D eigenvalue weighted by Gasteiger charge is 2.19. The van der Waals surface area contributed by atoms with Crippen LogP contribution >= 0.6 is 0 Å². The van der Waals surface area contributed by atoms with Crippen molar-refractivity contribution in [3.63, 3.8) is 0 Å². The van der Waals surface area contributed by atoms with Crippen LogP contribution in [0.1, 0.15) is 10.6 Å². The first kappa shape index (κ1) is 21.1. The van der Waals surface area contributed by atoms with Crippen LogP contribution in [-0.2, 0) is 10.0 Å². The fraction of sp³-hybridized carbons (Fsp3) is 0.0455. The number of sulfonamides is 1. The second-order valence-electron chi connectivity index (χ2n) is 6.60. The number of rotatable bonds is 6. The molecule has 2 N–H and O–H groups in total. The Morgan fingerprint density at radius 3 is 2.41 bits per heavy atom. The number of nitrogens with zero attached hydrogens (tertiary/aromatic N) is 2. The van der Waals surface area contributed by atoms with E-state index in [2.05, 4.69) is 15.0 Å². The molecule has 0 bridgehead atoms. The lowest BCUT2D eigenvalue weighted by atomic mass is 10.1. The van der Waals surface area contributed by atoms with Crippen LogP contribution in [-0.4, -0.2) is 26.5 Å². The largest absolute Gasteiger partial charge is 0.505 e. The van der Waals surface area contributed by atoms with E-state index >= 15 is 0 Å². The molecular formula is C22H17N3O6S. The molecule has 0 spiro atoms. The molecule has 10 heteroatoms. The van der Waals surface area contributed by atoms with Gasteiger partial charge in [0.1, 0.15) is 11.4 Å². The zero-order valence-corrected chi connectivity index (χ0v) is 17.5. The number of fused-ring (bicyclic) bond motifs is 1. The fourth-order valence-corrected chi connectivity index (χ4v) is 4.08. The molecule has 0 aliphatic rings. The first-order valence-electron chi connectivity index (χ1n) is 9.30.